The Bertz CT molecular complexity index is 1060. The number of aryl methyl sites for hydroxylation is 1. The van der Waals surface area contributed by atoms with Crippen molar-refractivity contribution in [2.45, 2.75) is 31.0 Å². The van der Waals surface area contributed by atoms with E-state index in [1.54, 1.807) is 0 Å². The maximum Gasteiger partial charge on any atom is 0.484 e. The smallest absolute Gasteiger partial charge is 0.319 e. The van der Waals surface area contributed by atoms with E-state index in [4.69, 9.17) is 0 Å². The molecule has 2 aromatic rings. The van der Waals surface area contributed by atoms with Crippen LogP contribution in [0.2, 0.25) is 0 Å². The maximum atomic E-state index is 13.2. The van der Waals surface area contributed by atoms with Crippen molar-refractivity contribution in [1.82, 2.24) is 9.97 Å². The monoisotopic (exact) mass is 417 g/mol. The summed E-state index contributed by atoms with van der Waals surface area (Å²) in [5.41, 5.74) is -0.336. The Morgan fingerprint density at radius 1 is 1.32 bits per heavy atom. The fourth-order valence-corrected chi connectivity index (χ4v) is 3.41. The number of hydrogen-bond donors (Lipinski definition) is 2. The topological polar surface area (TPSA) is 128 Å². The van der Waals surface area contributed by atoms with Crippen molar-refractivity contribution in [2.24, 2.45) is 10.2 Å². The van der Waals surface area contributed by atoms with Crippen LogP contribution in [0.3, 0.4) is 0 Å². The van der Waals surface area contributed by atoms with E-state index in [1.165, 1.54) is 13.1 Å². The second-order valence-corrected chi connectivity index (χ2v) is 7.41. The molecule has 150 valence electrons. The van der Waals surface area contributed by atoms with E-state index in [2.05, 4.69) is 20.2 Å². The van der Waals surface area contributed by atoms with Crippen LogP contribution in [0.5, 0.6) is 0 Å². The lowest BCUT2D eigenvalue weighted by molar-refractivity contribution is -0.130. The number of nitrogens with one attached hydrogen (secondary N) is 1. The number of benzene rings is 1. The summed E-state index contributed by atoms with van der Waals surface area (Å²) >= 11 is 0. The molecule has 0 spiro atoms. The first-order valence-electron chi connectivity index (χ1n) is 7.93. The van der Waals surface area contributed by atoms with Gasteiger partial charge in [-0.25, -0.2) is 4.98 Å². The van der Waals surface area contributed by atoms with Crippen LogP contribution in [0.4, 0.5) is 30.5 Å². The Kier molecular flexibility index (Phi) is 4.97. The van der Waals surface area contributed by atoms with E-state index in [-0.39, 0.29) is 58.7 Å². The Morgan fingerprint density at radius 3 is 2.61 bits per heavy atom. The molecule has 0 radical (unpaired) electrons. The number of Topliss-reactive ketones (excluding diaryl/α,β-unsaturated/α-hetero) is 1. The first kappa shape index (κ1) is 19.9. The second kappa shape index (κ2) is 6.98. The van der Waals surface area contributed by atoms with Gasteiger partial charge in [0.15, 0.2) is 5.78 Å². The number of rotatable bonds is 4. The molecule has 0 saturated heterocycles. The number of ketones is 1. The minimum atomic E-state index is -4.88. The van der Waals surface area contributed by atoms with Crippen LogP contribution in [-0.2, 0) is 16.5 Å². The number of hydrogen-bond acceptors (Lipinski definition) is 7. The Balaban J connectivity index is 2.08. The minimum absolute atomic E-state index is 0.110. The summed E-state index contributed by atoms with van der Waals surface area (Å²) in [6.07, 6.45) is -3.03. The highest BCUT2D eigenvalue weighted by Gasteiger charge is 2.40. The number of aromatic amines is 1. The fourth-order valence-electron chi connectivity index (χ4n) is 2.79. The lowest BCUT2D eigenvalue weighted by Crippen LogP contribution is -2.41. The van der Waals surface area contributed by atoms with Gasteiger partial charge >= 0.3 is 6.30 Å². The van der Waals surface area contributed by atoms with Gasteiger partial charge in [-0.05, 0) is 30.5 Å². The number of H-pyrrole nitrogens is 1. The van der Waals surface area contributed by atoms with Crippen LogP contribution in [0.25, 0.3) is 0 Å². The third-order valence-electron chi connectivity index (χ3n) is 4.06. The molecule has 0 saturated carbocycles. The molecule has 1 aromatic carbocycles. The van der Waals surface area contributed by atoms with E-state index < -0.39 is 21.3 Å². The molecule has 9 nitrogen and oxygen atoms in total. The van der Waals surface area contributed by atoms with E-state index in [1.807, 2.05) is 0 Å². The van der Waals surface area contributed by atoms with Gasteiger partial charge in [0.1, 0.15) is 16.3 Å². The van der Waals surface area contributed by atoms with Crippen molar-refractivity contribution in [1.29, 1.82) is 0 Å². The zero-order chi connectivity index (χ0) is 20.7. The highest BCUT2D eigenvalue weighted by atomic mass is 32.2. The molecule has 0 amide bonds. The third-order valence-corrected chi connectivity index (χ3v) is 4.94. The van der Waals surface area contributed by atoms with Gasteiger partial charge in [0, 0.05) is 19.2 Å². The molecule has 0 fully saturated rings. The van der Waals surface area contributed by atoms with Crippen LogP contribution in [-0.4, -0.2) is 41.6 Å². The van der Waals surface area contributed by atoms with Crippen molar-refractivity contribution in [3.05, 3.63) is 29.6 Å². The van der Waals surface area contributed by atoms with Crippen molar-refractivity contribution < 1.29 is 30.9 Å². The molecule has 0 aliphatic carbocycles. The predicted molar refractivity (Wildman–Crippen MR) is 90.7 cm³/mol. The summed E-state index contributed by atoms with van der Waals surface area (Å²) in [6.45, 7) is 0.962. The molecule has 0 bridgehead atoms. The number of nitrogens with zero attached hydrogens (tertiary/aromatic N) is 4. The van der Waals surface area contributed by atoms with E-state index in [0.29, 0.717) is 0 Å². The van der Waals surface area contributed by atoms with Crippen LogP contribution in [0.15, 0.2) is 33.5 Å². The molecular weight excluding hydrogens is 403 g/mol. The quantitative estimate of drug-likeness (QED) is 0.339. The molecular formula is C15H14F3N5O4S. The molecule has 1 aliphatic heterocycles. The molecule has 1 aromatic heterocycles. The van der Waals surface area contributed by atoms with Gasteiger partial charge in [0.05, 0.1) is 6.20 Å². The first-order valence-corrected chi connectivity index (χ1v) is 9.37. The fraction of sp³-hybridized carbons (Fsp3) is 0.333. The number of alkyl halides is 3. The largest absolute Gasteiger partial charge is 0.484 e. The van der Waals surface area contributed by atoms with Crippen LogP contribution in [0.1, 0.15) is 29.4 Å². The van der Waals surface area contributed by atoms with Crippen LogP contribution < -0.4 is 4.90 Å². The number of anilines is 1. The molecule has 0 unspecified atom stereocenters. The van der Waals surface area contributed by atoms with E-state index >= 15 is 0 Å². The number of carbonyl (C=O) groups excluding carboxylic acids is 1. The van der Waals surface area contributed by atoms with Gasteiger partial charge < -0.3 is 4.98 Å². The number of fused-ring (bicyclic) bond motifs is 1. The van der Waals surface area contributed by atoms with E-state index in [9.17, 15) is 30.9 Å². The minimum Gasteiger partial charge on any atom is -0.319 e. The van der Waals surface area contributed by atoms with Crippen LogP contribution in [0, 0.1) is 0 Å². The highest BCUT2D eigenvalue weighted by molar-refractivity contribution is 7.86. The molecule has 28 heavy (non-hydrogen) atoms. The molecule has 3 rings (SSSR count). The lowest BCUT2D eigenvalue weighted by atomic mass is 10.0. The first-order chi connectivity index (χ1) is 13.0. The average molecular weight is 417 g/mol. The SMILES string of the molecule is CC(=O)c1cnc(N=Nc2cc3c(cc2S(=O)(=O)O)N(C(F)(F)F)CCC3)[nH]1. The molecule has 2 heterocycles. The number of halogens is 3. The summed E-state index contributed by atoms with van der Waals surface area (Å²) < 4.78 is 72.5. The Morgan fingerprint density at radius 2 is 2.04 bits per heavy atom. The van der Waals surface area contributed by atoms with Crippen molar-refractivity contribution in [2.75, 3.05) is 11.4 Å². The van der Waals surface area contributed by atoms with Gasteiger partial charge in [-0.2, -0.15) is 21.6 Å². The summed E-state index contributed by atoms with van der Waals surface area (Å²) in [5, 5.41) is 7.36. The standard InChI is InChI=1S/C15H14F3N5O4S/c1-8(24)11-7-19-14(20-11)22-21-10-5-9-3-2-4-23(15(16,17)18)12(9)6-13(10)28(25,26)27/h5-7H,2-4H2,1H3,(H,19,20)(H,25,26,27). The predicted octanol–water partition coefficient (Wildman–Crippen LogP) is 3.55. The zero-order valence-electron chi connectivity index (χ0n) is 14.4. The van der Waals surface area contributed by atoms with Gasteiger partial charge in [0.25, 0.3) is 10.1 Å². The van der Waals surface area contributed by atoms with Crippen LogP contribution >= 0.6 is 0 Å². The summed E-state index contributed by atoms with van der Waals surface area (Å²) in [4.78, 5) is 16.9. The Hall–Kier alpha value is -2.80. The van der Waals surface area contributed by atoms with Gasteiger partial charge in [-0.3, -0.25) is 14.2 Å². The van der Waals surface area contributed by atoms with Crippen molar-refractivity contribution in [3.8, 4) is 0 Å². The van der Waals surface area contributed by atoms with E-state index in [0.717, 1.165) is 12.1 Å². The number of carbonyl (C=O) groups is 1. The second-order valence-electron chi connectivity index (χ2n) is 6.02. The zero-order valence-corrected chi connectivity index (χ0v) is 15.2. The molecule has 1 aliphatic rings. The van der Waals surface area contributed by atoms with Crippen molar-refractivity contribution in [3.63, 3.8) is 0 Å². The van der Waals surface area contributed by atoms with Gasteiger partial charge in [-0.15, -0.1) is 10.2 Å². The summed E-state index contributed by atoms with van der Waals surface area (Å²) in [6, 6.07) is 1.86. The van der Waals surface area contributed by atoms with Gasteiger partial charge in [-0.1, -0.05) is 0 Å². The molecule has 13 heteroatoms. The normalized spacial score (nSPS) is 15.1. The third kappa shape index (κ3) is 4.04. The number of aromatic nitrogens is 2. The molecule has 2 N–H and O–H groups in total. The summed E-state index contributed by atoms with van der Waals surface area (Å²) in [7, 11) is -4.88. The maximum absolute atomic E-state index is 13.2. The molecule has 0 atom stereocenters. The van der Waals surface area contributed by atoms with Gasteiger partial charge in [0.2, 0.25) is 5.95 Å². The Labute approximate surface area is 157 Å². The average Bonchev–Trinajstić information content (AvgIpc) is 3.06. The highest BCUT2D eigenvalue weighted by Crippen LogP contribution is 2.40. The van der Waals surface area contributed by atoms with Crippen molar-refractivity contribution >= 4 is 33.2 Å². The number of imidazole rings is 1. The lowest BCUT2D eigenvalue weighted by Gasteiger charge is -2.33. The number of azo groups is 1. The summed E-state index contributed by atoms with van der Waals surface area (Å²) in [5.74, 6) is -0.422.